The van der Waals surface area contributed by atoms with E-state index in [0.717, 1.165) is 30.0 Å². The summed E-state index contributed by atoms with van der Waals surface area (Å²) in [6, 6.07) is 8.15. The van der Waals surface area contributed by atoms with Crippen molar-refractivity contribution in [3.8, 4) is 11.4 Å². The molecule has 0 saturated heterocycles. The summed E-state index contributed by atoms with van der Waals surface area (Å²) in [7, 11) is 0. The number of fused-ring (bicyclic) bond motifs is 1. The van der Waals surface area contributed by atoms with Gasteiger partial charge in [0.15, 0.2) is 0 Å². The smallest absolute Gasteiger partial charge is 0.312 e. The number of aliphatic carboxylic acids is 1. The average molecular weight is 256 g/mol. The van der Waals surface area contributed by atoms with E-state index < -0.39 is 11.9 Å². The van der Waals surface area contributed by atoms with Crippen molar-refractivity contribution in [1.82, 2.24) is 9.55 Å². The molecule has 0 spiro atoms. The molecular weight excluding hydrogens is 240 g/mol. The van der Waals surface area contributed by atoms with Gasteiger partial charge in [-0.3, -0.25) is 4.79 Å². The van der Waals surface area contributed by atoms with Gasteiger partial charge in [0.2, 0.25) is 0 Å². The fourth-order valence-electron chi connectivity index (χ4n) is 2.77. The Morgan fingerprint density at radius 3 is 3.05 bits per heavy atom. The molecule has 1 aliphatic heterocycles. The van der Waals surface area contributed by atoms with E-state index in [9.17, 15) is 9.90 Å². The molecule has 0 amide bonds. The van der Waals surface area contributed by atoms with Crippen molar-refractivity contribution >= 4 is 5.97 Å². The molecule has 19 heavy (non-hydrogen) atoms. The maximum Gasteiger partial charge on any atom is 0.312 e. The first kappa shape index (κ1) is 12.0. The number of benzene rings is 1. The minimum atomic E-state index is -0.753. The summed E-state index contributed by atoms with van der Waals surface area (Å²) in [6.07, 6.45) is 3.31. The Morgan fingerprint density at radius 2 is 2.32 bits per heavy atom. The van der Waals surface area contributed by atoms with Crippen LogP contribution in [0.25, 0.3) is 11.4 Å². The molecule has 1 atom stereocenters. The number of carbonyl (C=O) groups is 1. The number of imidazole rings is 1. The lowest BCUT2D eigenvalue weighted by atomic mass is 9.96. The second kappa shape index (κ2) is 4.53. The van der Waals surface area contributed by atoms with Crippen LogP contribution in [0.3, 0.4) is 0 Å². The number of carboxylic acids is 1. The molecule has 4 heteroatoms. The minimum Gasteiger partial charge on any atom is -0.481 e. The molecule has 1 aromatic carbocycles. The van der Waals surface area contributed by atoms with Gasteiger partial charge in [0.1, 0.15) is 5.82 Å². The standard InChI is InChI=1S/C15H16N2O2/c1-10-4-2-5-11(8-10)14-16-9-13-12(15(18)19)6-3-7-17(13)14/h2,4-5,8-9,12H,3,6-7H2,1H3,(H,18,19). The number of rotatable bonds is 2. The lowest BCUT2D eigenvalue weighted by Crippen LogP contribution is -2.21. The van der Waals surface area contributed by atoms with E-state index in [1.54, 1.807) is 6.20 Å². The highest BCUT2D eigenvalue weighted by atomic mass is 16.4. The molecule has 0 bridgehead atoms. The first-order valence-electron chi connectivity index (χ1n) is 6.52. The number of aromatic nitrogens is 2. The van der Waals surface area contributed by atoms with E-state index in [4.69, 9.17) is 0 Å². The van der Waals surface area contributed by atoms with Crippen molar-refractivity contribution in [1.29, 1.82) is 0 Å². The van der Waals surface area contributed by atoms with Gasteiger partial charge in [-0.25, -0.2) is 4.98 Å². The predicted octanol–water partition coefficient (Wildman–Crippen LogP) is 2.82. The van der Waals surface area contributed by atoms with Crippen LogP contribution in [0.1, 0.15) is 30.0 Å². The molecule has 1 N–H and O–H groups in total. The number of aryl methyl sites for hydroxylation is 1. The molecule has 3 rings (SSSR count). The van der Waals surface area contributed by atoms with Gasteiger partial charge >= 0.3 is 5.97 Å². The van der Waals surface area contributed by atoms with E-state index in [1.165, 1.54) is 5.56 Å². The van der Waals surface area contributed by atoms with Crippen LogP contribution in [-0.4, -0.2) is 20.6 Å². The zero-order valence-electron chi connectivity index (χ0n) is 10.8. The average Bonchev–Trinajstić information content (AvgIpc) is 2.82. The third-order valence-corrected chi connectivity index (χ3v) is 3.69. The Hall–Kier alpha value is -2.10. The van der Waals surface area contributed by atoms with Crippen molar-refractivity contribution < 1.29 is 9.90 Å². The van der Waals surface area contributed by atoms with Gasteiger partial charge in [-0.1, -0.05) is 23.8 Å². The Labute approximate surface area is 111 Å². The summed E-state index contributed by atoms with van der Waals surface area (Å²) < 4.78 is 2.05. The fourth-order valence-corrected chi connectivity index (χ4v) is 2.77. The summed E-state index contributed by atoms with van der Waals surface area (Å²) in [6.45, 7) is 2.89. The molecule has 0 fully saturated rings. The van der Waals surface area contributed by atoms with E-state index in [0.29, 0.717) is 6.42 Å². The van der Waals surface area contributed by atoms with Crippen LogP contribution in [-0.2, 0) is 11.3 Å². The van der Waals surface area contributed by atoms with Crippen LogP contribution in [0.4, 0.5) is 0 Å². The monoisotopic (exact) mass is 256 g/mol. The summed E-state index contributed by atoms with van der Waals surface area (Å²) in [5.74, 6) is -0.291. The number of nitrogens with zero attached hydrogens (tertiary/aromatic N) is 2. The molecule has 1 aromatic heterocycles. The van der Waals surface area contributed by atoms with Crippen molar-refractivity contribution in [3.05, 3.63) is 41.7 Å². The highest BCUT2D eigenvalue weighted by molar-refractivity contribution is 5.76. The van der Waals surface area contributed by atoms with Crippen LogP contribution in [0.15, 0.2) is 30.5 Å². The highest BCUT2D eigenvalue weighted by Crippen LogP contribution is 2.32. The second-order valence-corrected chi connectivity index (χ2v) is 5.06. The maximum absolute atomic E-state index is 11.3. The number of carboxylic acid groups (broad SMARTS) is 1. The van der Waals surface area contributed by atoms with E-state index in [2.05, 4.69) is 15.6 Å². The van der Waals surface area contributed by atoms with E-state index in [-0.39, 0.29) is 0 Å². The minimum absolute atomic E-state index is 0.417. The van der Waals surface area contributed by atoms with Crippen LogP contribution in [0.5, 0.6) is 0 Å². The van der Waals surface area contributed by atoms with Crippen molar-refractivity contribution in [3.63, 3.8) is 0 Å². The van der Waals surface area contributed by atoms with E-state index in [1.807, 2.05) is 25.1 Å². The Balaban J connectivity index is 2.08. The molecule has 0 aliphatic carbocycles. The van der Waals surface area contributed by atoms with Crippen LogP contribution >= 0.6 is 0 Å². The largest absolute Gasteiger partial charge is 0.481 e. The molecule has 1 unspecified atom stereocenters. The SMILES string of the molecule is Cc1cccc(-c2ncc3n2CCCC3C(=O)O)c1. The first-order chi connectivity index (χ1) is 9.16. The summed E-state index contributed by atoms with van der Waals surface area (Å²) in [4.78, 5) is 15.7. The summed E-state index contributed by atoms with van der Waals surface area (Å²) in [5.41, 5.74) is 3.06. The van der Waals surface area contributed by atoms with Gasteiger partial charge in [0, 0.05) is 18.3 Å². The quantitative estimate of drug-likeness (QED) is 0.898. The molecule has 4 nitrogen and oxygen atoms in total. The lowest BCUT2D eigenvalue weighted by Gasteiger charge is -2.22. The zero-order chi connectivity index (χ0) is 13.4. The third kappa shape index (κ3) is 2.03. The van der Waals surface area contributed by atoms with Gasteiger partial charge in [-0.05, 0) is 25.8 Å². The van der Waals surface area contributed by atoms with Crippen LogP contribution in [0, 0.1) is 6.92 Å². The highest BCUT2D eigenvalue weighted by Gasteiger charge is 2.28. The summed E-state index contributed by atoms with van der Waals surface area (Å²) >= 11 is 0. The lowest BCUT2D eigenvalue weighted by molar-refractivity contribution is -0.139. The first-order valence-corrected chi connectivity index (χ1v) is 6.52. The summed E-state index contributed by atoms with van der Waals surface area (Å²) in [5, 5.41) is 9.27. The van der Waals surface area contributed by atoms with Gasteiger partial charge in [0.25, 0.3) is 0 Å². The molecular formula is C15H16N2O2. The van der Waals surface area contributed by atoms with Gasteiger partial charge in [-0.2, -0.15) is 0 Å². The van der Waals surface area contributed by atoms with Crippen molar-refractivity contribution in [2.45, 2.75) is 32.2 Å². The molecule has 0 radical (unpaired) electrons. The molecule has 0 saturated carbocycles. The van der Waals surface area contributed by atoms with Crippen molar-refractivity contribution in [2.24, 2.45) is 0 Å². The fraction of sp³-hybridized carbons (Fsp3) is 0.333. The predicted molar refractivity (Wildman–Crippen MR) is 72.0 cm³/mol. The van der Waals surface area contributed by atoms with Gasteiger partial charge in [0.05, 0.1) is 11.6 Å². The van der Waals surface area contributed by atoms with Crippen LogP contribution < -0.4 is 0 Å². The van der Waals surface area contributed by atoms with E-state index >= 15 is 0 Å². The Morgan fingerprint density at radius 1 is 1.47 bits per heavy atom. The molecule has 98 valence electrons. The molecule has 2 aromatic rings. The third-order valence-electron chi connectivity index (χ3n) is 3.69. The maximum atomic E-state index is 11.3. The normalized spacial score (nSPS) is 18.1. The van der Waals surface area contributed by atoms with Crippen LogP contribution in [0.2, 0.25) is 0 Å². The van der Waals surface area contributed by atoms with Gasteiger partial charge < -0.3 is 9.67 Å². The molecule has 1 aliphatic rings. The Kier molecular flexibility index (Phi) is 2.85. The Bertz CT molecular complexity index is 631. The number of hydrogen-bond acceptors (Lipinski definition) is 2. The molecule has 2 heterocycles. The van der Waals surface area contributed by atoms with Gasteiger partial charge in [-0.15, -0.1) is 0 Å². The zero-order valence-corrected chi connectivity index (χ0v) is 10.8. The topological polar surface area (TPSA) is 55.1 Å². The van der Waals surface area contributed by atoms with Crippen molar-refractivity contribution in [2.75, 3.05) is 0 Å². The number of hydrogen-bond donors (Lipinski definition) is 1. The second-order valence-electron chi connectivity index (χ2n) is 5.06.